The lowest BCUT2D eigenvalue weighted by atomic mass is 10.2. The molecule has 0 radical (unpaired) electrons. The van der Waals surface area contributed by atoms with Crippen LogP contribution in [0.5, 0.6) is 0 Å². The zero-order valence-corrected chi connectivity index (χ0v) is 9.02. The molecule has 7 heteroatoms. The fourth-order valence-corrected chi connectivity index (χ4v) is 1.26. The quantitative estimate of drug-likeness (QED) is 0.475. The summed E-state index contributed by atoms with van der Waals surface area (Å²) in [6.07, 6.45) is 3.63. The lowest BCUT2D eigenvalue weighted by Crippen LogP contribution is -1.99. The van der Waals surface area contributed by atoms with Crippen LogP contribution in [0, 0.1) is 10.1 Å². The molecule has 1 heterocycles. The maximum atomic E-state index is 10.6. The second-order valence-corrected chi connectivity index (χ2v) is 3.30. The van der Waals surface area contributed by atoms with Crippen LogP contribution in [-0.2, 0) is 0 Å². The summed E-state index contributed by atoms with van der Waals surface area (Å²) >= 11 is 5.76. The van der Waals surface area contributed by atoms with Gasteiger partial charge in [-0.25, -0.2) is 4.98 Å². The second-order valence-electron chi connectivity index (χ2n) is 2.94. The molecular formula is C9H10ClN3O3. The van der Waals surface area contributed by atoms with E-state index < -0.39 is 4.92 Å². The van der Waals surface area contributed by atoms with Crippen molar-refractivity contribution >= 4 is 29.2 Å². The van der Waals surface area contributed by atoms with Gasteiger partial charge in [-0.1, -0.05) is 23.8 Å². The standard InChI is InChI=1S/C9H10ClN3O3/c10-8-6(3-1-2-4-14)5-7(13(15)16)9(11)12-8/h1,3,5,14H,2,4H2,(H2,11,12). The van der Waals surface area contributed by atoms with E-state index in [0.29, 0.717) is 12.0 Å². The highest BCUT2D eigenvalue weighted by molar-refractivity contribution is 6.31. The third kappa shape index (κ3) is 2.91. The van der Waals surface area contributed by atoms with Crippen molar-refractivity contribution in [2.24, 2.45) is 0 Å². The molecule has 0 aliphatic heterocycles. The van der Waals surface area contributed by atoms with Gasteiger partial charge in [0.25, 0.3) is 0 Å². The Morgan fingerprint density at radius 3 is 2.94 bits per heavy atom. The first kappa shape index (κ1) is 12.4. The zero-order chi connectivity index (χ0) is 12.1. The van der Waals surface area contributed by atoms with Gasteiger partial charge in [0.15, 0.2) is 0 Å². The molecular weight excluding hydrogens is 234 g/mol. The molecule has 0 aliphatic carbocycles. The molecule has 1 rings (SSSR count). The number of hydrogen-bond acceptors (Lipinski definition) is 5. The van der Waals surface area contributed by atoms with Crippen LogP contribution in [-0.4, -0.2) is 21.6 Å². The number of nitrogens with two attached hydrogens (primary N) is 1. The fourth-order valence-electron chi connectivity index (χ4n) is 1.06. The van der Waals surface area contributed by atoms with Gasteiger partial charge in [-0.15, -0.1) is 0 Å². The van der Waals surface area contributed by atoms with Crippen LogP contribution in [0.2, 0.25) is 5.15 Å². The van der Waals surface area contributed by atoms with E-state index >= 15 is 0 Å². The number of rotatable bonds is 4. The predicted octanol–water partition coefficient (Wildman–Crippen LogP) is 1.62. The molecule has 16 heavy (non-hydrogen) atoms. The minimum absolute atomic E-state index is 0.00138. The normalized spacial score (nSPS) is 10.9. The average molecular weight is 244 g/mol. The monoisotopic (exact) mass is 243 g/mol. The number of aromatic nitrogens is 1. The van der Waals surface area contributed by atoms with Crippen LogP contribution >= 0.6 is 11.6 Å². The Morgan fingerprint density at radius 2 is 2.38 bits per heavy atom. The second kappa shape index (κ2) is 5.43. The Kier molecular flexibility index (Phi) is 4.21. The van der Waals surface area contributed by atoms with Crippen LogP contribution in [0.1, 0.15) is 12.0 Å². The summed E-state index contributed by atoms with van der Waals surface area (Å²) in [4.78, 5) is 13.6. The minimum Gasteiger partial charge on any atom is -0.396 e. The Hall–Kier alpha value is -1.66. The van der Waals surface area contributed by atoms with Crippen LogP contribution in [0.25, 0.3) is 6.08 Å². The van der Waals surface area contributed by atoms with Crippen molar-refractivity contribution in [2.45, 2.75) is 6.42 Å². The Bertz CT molecular complexity index is 434. The smallest absolute Gasteiger partial charge is 0.311 e. The average Bonchev–Trinajstić information content (AvgIpc) is 2.21. The number of aliphatic hydroxyl groups excluding tert-OH is 1. The molecule has 0 saturated carbocycles. The largest absolute Gasteiger partial charge is 0.396 e. The third-order valence-electron chi connectivity index (χ3n) is 1.80. The number of nitrogen functional groups attached to an aromatic ring is 1. The lowest BCUT2D eigenvalue weighted by Gasteiger charge is -2.00. The molecule has 0 unspecified atom stereocenters. The van der Waals surface area contributed by atoms with Gasteiger partial charge >= 0.3 is 5.69 Å². The van der Waals surface area contributed by atoms with Crippen LogP contribution in [0.4, 0.5) is 11.5 Å². The third-order valence-corrected chi connectivity index (χ3v) is 2.10. The summed E-state index contributed by atoms with van der Waals surface area (Å²) in [6, 6.07) is 1.25. The highest BCUT2D eigenvalue weighted by Gasteiger charge is 2.15. The molecule has 0 bridgehead atoms. The Labute approximate surface area is 96.5 Å². The highest BCUT2D eigenvalue weighted by Crippen LogP contribution is 2.26. The minimum atomic E-state index is -0.623. The van der Waals surface area contributed by atoms with Gasteiger partial charge < -0.3 is 10.8 Å². The molecule has 0 aromatic carbocycles. The predicted molar refractivity (Wildman–Crippen MR) is 61.1 cm³/mol. The highest BCUT2D eigenvalue weighted by atomic mass is 35.5. The molecule has 86 valence electrons. The summed E-state index contributed by atoms with van der Waals surface area (Å²) < 4.78 is 0. The Balaban J connectivity index is 3.09. The number of anilines is 1. The van der Waals surface area contributed by atoms with Gasteiger partial charge in [-0.05, 0) is 6.42 Å². The van der Waals surface area contributed by atoms with E-state index in [4.69, 9.17) is 22.4 Å². The van der Waals surface area contributed by atoms with Crippen LogP contribution < -0.4 is 5.73 Å². The van der Waals surface area contributed by atoms with E-state index in [9.17, 15) is 10.1 Å². The first-order valence-electron chi connectivity index (χ1n) is 4.44. The van der Waals surface area contributed by atoms with E-state index in [2.05, 4.69) is 4.98 Å². The van der Waals surface area contributed by atoms with Gasteiger partial charge in [0, 0.05) is 18.2 Å². The first-order valence-corrected chi connectivity index (χ1v) is 4.82. The molecule has 6 nitrogen and oxygen atoms in total. The van der Waals surface area contributed by atoms with E-state index in [1.165, 1.54) is 6.07 Å². The lowest BCUT2D eigenvalue weighted by molar-refractivity contribution is -0.384. The van der Waals surface area contributed by atoms with Crippen molar-refractivity contribution < 1.29 is 10.0 Å². The van der Waals surface area contributed by atoms with Crippen molar-refractivity contribution in [2.75, 3.05) is 12.3 Å². The van der Waals surface area contributed by atoms with Crippen LogP contribution in [0.15, 0.2) is 12.1 Å². The summed E-state index contributed by atoms with van der Waals surface area (Å²) in [6.45, 7) is -0.00138. The number of hydrogen-bond donors (Lipinski definition) is 2. The molecule has 0 saturated heterocycles. The summed E-state index contributed by atoms with van der Waals surface area (Å²) in [7, 11) is 0. The van der Waals surface area contributed by atoms with Gasteiger partial charge in [-0.3, -0.25) is 10.1 Å². The summed E-state index contributed by atoms with van der Waals surface area (Å²) in [5, 5.41) is 19.3. The van der Waals surface area contributed by atoms with Gasteiger partial charge in [0.2, 0.25) is 5.82 Å². The zero-order valence-electron chi connectivity index (χ0n) is 8.26. The van der Waals surface area contributed by atoms with Crippen molar-refractivity contribution in [1.82, 2.24) is 4.98 Å². The molecule has 3 N–H and O–H groups in total. The molecule has 0 spiro atoms. The van der Waals surface area contributed by atoms with E-state index in [1.807, 2.05) is 0 Å². The van der Waals surface area contributed by atoms with Crippen LogP contribution in [0.3, 0.4) is 0 Å². The number of nitro groups is 1. The molecule has 1 aromatic rings. The van der Waals surface area contributed by atoms with Crippen molar-refractivity contribution in [1.29, 1.82) is 0 Å². The summed E-state index contributed by atoms with van der Waals surface area (Å²) in [5.41, 5.74) is 5.46. The van der Waals surface area contributed by atoms with Crippen molar-refractivity contribution in [3.63, 3.8) is 0 Å². The number of aliphatic hydroxyl groups is 1. The van der Waals surface area contributed by atoms with E-state index in [0.717, 1.165) is 0 Å². The molecule has 0 fully saturated rings. The molecule has 1 aromatic heterocycles. The molecule has 0 atom stereocenters. The van der Waals surface area contributed by atoms with Crippen molar-refractivity contribution in [3.8, 4) is 0 Å². The maximum Gasteiger partial charge on any atom is 0.311 e. The molecule has 0 aliphatic rings. The summed E-state index contributed by atoms with van der Waals surface area (Å²) in [5.74, 6) is -0.214. The first-order chi connectivity index (χ1) is 7.56. The van der Waals surface area contributed by atoms with E-state index in [1.54, 1.807) is 12.2 Å². The SMILES string of the molecule is Nc1nc(Cl)c(C=CCCO)cc1[N+](=O)[O-]. The van der Waals surface area contributed by atoms with Gasteiger partial charge in [0.1, 0.15) is 5.15 Å². The maximum absolute atomic E-state index is 10.6. The molecule has 0 amide bonds. The van der Waals surface area contributed by atoms with E-state index in [-0.39, 0.29) is 23.3 Å². The Morgan fingerprint density at radius 1 is 1.69 bits per heavy atom. The van der Waals surface area contributed by atoms with Crippen molar-refractivity contribution in [3.05, 3.63) is 33.0 Å². The fraction of sp³-hybridized carbons (Fsp3) is 0.222. The van der Waals surface area contributed by atoms with Gasteiger partial charge in [-0.2, -0.15) is 0 Å². The number of halogens is 1. The number of nitrogens with zero attached hydrogens (tertiary/aromatic N) is 2. The topological polar surface area (TPSA) is 102 Å². The number of pyridine rings is 1. The van der Waals surface area contributed by atoms with Gasteiger partial charge in [0.05, 0.1) is 4.92 Å².